The molecule has 2 aliphatic rings. The molecule has 3 rings (SSSR count). The number of nitrogens with one attached hydrogen (secondary N) is 9. The van der Waals surface area contributed by atoms with Crippen molar-refractivity contribution in [3.63, 3.8) is 0 Å². The van der Waals surface area contributed by atoms with E-state index in [1.54, 1.807) is 20.8 Å². The second kappa shape index (κ2) is 32.8. The maximum Gasteiger partial charge on any atom is 0.276 e. The fourth-order valence-corrected chi connectivity index (χ4v) is 10.6. The van der Waals surface area contributed by atoms with Gasteiger partial charge in [0.25, 0.3) is 5.91 Å². The van der Waals surface area contributed by atoms with E-state index in [4.69, 9.17) is 4.42 Å². The molecule has 0 bridgehead atoms. The summed E-state index contributed by atoms with van der Waals surface area (Å²) in [5.74, 6) is -5.79. The molecule has 1 saturated heterocycles. The maximum absolute atomic E-state index is 14.3. The van der Waals surface area contributed by atoms with Gasteiger partial charge in [0, 0.05) is 33.0 Å². The van der Waals surface area contributed by atoms with Crippen LogP contribution in [0.15, 0.2) is 22.3 Å². The number of unbranched alkanes of at least 4 members (excludes halogenated alkanes) is 5. The van der Waals surface area contributed by atoms with Gasteiger partial charge in [-0.2, -0.15) is 0 Å². The van der Waals surface area contributed by atoms with Crippen molar-refractivity contribution < 1.29 is 52.4 Å². The highest BCUT2D eigenvalue weighted by Crippen LogP contribution is 2.30. The standard InChI is InChI=1S/C61H104N12O11/c1-17-18-19-20-21-22-26-42(64-53(79)47-27-25-32-73(47)54(80)46-36-84-41(8)63-46)49(75)65-44(34-39(4)5)51(77)69-59(11,12)56(82)67-43(33-38(2)3)50(76)66-45(35-40(6)7)52(78)70-60(13,14)57(83)71-58(9,10)55(81)62-31-28-48(74)68-61(37-72(15)16)29-23-24-30-61/h35-36,38-39,42-45,47H,17-34,37H2,1-16H3,(H,62,81)(H,64,79)(H,65,75)(H,66,76)(H,67,82)(H,68,74)(H,69,77)(H,70,78)(H,71,83)/t42-,43-,44-,45-,47-/m0/s1. The Labute approximate surface area is 499 Å². The van der Waals surface area contributed by atoms with Crippen molar-refractivity contribution in [3.05, 3.63) is 29.5 Å². The van der Waals surface area contributed by atoms with E-state index in [0.29, 0.717) is 37.3 Å². The Morgan fingerprint density at radius 3 is 1.83 bits per heavy atom. The number of hydrogen-bond acceptors (Lipinski definition) is 13. The molecule has 0 aromatic carbocycles. The van der Waals surface area contributed by atoms with Crippen molar-refractivity contribution in [2.24, 2.45) is 11.8 Å². The lowest BCUT2D eigenvalue weighted by Gasteiger charge is -2.34. The van der Waals surface area contributed by atoms with E-state index in [2.05, 4.69) is 64.7 Å². The van der Waals surface area contributed by atoms with Crippen LogP contribution in [-0.4, -0.2) is 160 Å². The molecule has 1 aliphatic carbocycles. The Morgan fingerprint density at radius 2 is 1.26 bits per heavy atom. The third-order valence-electron chi connectivity index (χ3n) is 15.1. The van der Waals surface area contributed by atoms with Gasteiger partial charge in [-0.25, -0.2) is 4.98 Å². The van der Waals surface area contributed by atoms with E-state index < -0.39 is 100.0 Å². The summed E-state index contributed by atoms with van der Waals surface area (Å²) in [6.07, 6.45) is 13.7. The molecular formula is C61H104N12O11. The Bertz CT molecular complexity index is 2450. The number of rotatable bonds is 34. The molecule has 2 heterocycles. The molecule has 0 spiro atoms. The van der Waals surface area contributed by atoms with Crippen LogP contribution in [0.1, 0.15) is 209 Å². The molecule has 9 N–H and O–H groups in total. The van der Waals surface area contributed by atoms with Crippen LogP contribution in [0.2, 0.25) is 0 Å². The van der Waals surface area contributed by atoms with Crippen LogP contribution in [0.4, 0.5) is 0 Å². The maximum atomic E-state index is 14.3. The quantitative estimate of drug-likeness (QED) is 0.0339. The van der Waals surface area contributed by atoms with E-state index >= 15 is 0 Å². The number of amides is 10. The van der Waals surface area contributed by atoms with Gasteiger partial charge >= 0.3 is 0 Å². The molecular weight excluding hydrogens is 1080 g/mol. The molecule has 1 aliphatic heterocycles. The summed E-state index contributed by atoms with van der Waals surface area (Å²) in [6, 6.07) is -5.57. The lowest BCUT2D eigenvalue weighted by atomic mass is 9.96. The molecule has 474 valence electrons. The molecule has 5 atom stereocenters. The lowest BCUT2D eigenvalue weighted by molar-refractivity contribution is -0.138. The SMILES string of the molecule is CCCCCCCC[C@H](NC(=O)[C@@H]1CCCN1C(=O)c1coc(C)n1)C(=O)N[C@@H](CC(C)C)C(=O)NC(C)(C)C(=O)N[C@@H](CC(C)C)C(=O)N[C@@H](C=C(C)C)C(=O)NC(C)(C)C(=O)NC(C)(C)C(=O)NCCC(=O)NC1(CN(C)C)CCCC1. The Morgan fingerprint density at radius 1 is 0.702 bits per heavy atom. The van der Waals surface area contributed by atoms with Crippen molar-refractivity contribution in [2.45, 2.75) is 252 Å². The molecule has 84 heavy (non-hydrogen) atoms. The van der Waals surface area contributed by atoms with Crippen molar-refractivity contribution >= 4 is 59.1 Å². The monoisotopic (exact) mass is 1180 g/mol. The largest absolute Gasteiger partial charge is 0.448 e. The van der Waals surface area contributed by atoms with Gasteiger partial charge in [-0.15, -0.1) is 0 Å². The van der Waals surface area contributed by atoms with Crippen molar-refractivity contribution in [3.8, 4) is 0 Å². The topological polar surface area (TPSA) is 311 Å². The van der Waals surface area contributed by atoms with Crippen LogP contribution in [0.3, 0.4) is 0 Å². The first-order valence-corrected chi connectivity index (χ1v) is 30.4. The van der Waals surface area contributed by atoms with Crippen molar-refractivity contribution in [1.29, 1.82) is 0 Å². The molecule has 10 amide bonds. The molecule has 0 unspecified atom stereocenters. The number of aromatic nitrogens is 1. The number of aryl methyl sites for hydroxylation is 1. The third-order valence-corrected chi connectivity index (χ3v) is 15.1. The number of likely N-dealkylation sites (N-methyl/N-ethyl adjacent to an activating group) is 1. The highest BCUT2D eigenvalue weighted by Gasteiger charge is 2.42. The zero-order chi connectivity index (χ0) is 63.3. The minimum Gasteiger partial charge on any atom is -0.448 e. The molecule has 1 aromatic heterocycles. The Kier molecular flexibility index (Phi) is 28.0. The Hall–Kier alpha value is -6.39. The minimum absolute atomic E-state index is 0.0401. The minimum atomic E-state index is -1.66. The third kappa shape index (κ3) is 23.2. The predicted molar refractivity (Wildman–Crippen MR) is 322 cm³/mol. The predicted octanol–water partition coefficient (Wildman–Crippen LogP) is 4.52. The number of likely N-dealkylation sites (tertiary alicyclic amines) is 1. The van der Waals surface area contributed by atoms with Crippen LogP contribution in [-0.2, 0) is 43.2 Å². The first-order chi connectivity index (χ1) is 39.1. The van der Waals surface area contributed by atoms with Gasteiger partial charge in [-0.05, 0) is 126 Å². The van der Waals surface area contributed by atoms with Crippen LogP contribution in [0.5, 0.6) is 0 Å². The van der Waals surface area contributed by atoms with E-state index in [1.807, 2.05) is 41.8 Å². The van der Waals surface area contributed by atoms with E-state index in [0.717, 1.165) is 64.3 Å². The van der Waals surface area contributed by atoms with Crippen LogP contribution < -0.4 is 47.9 Å². The molecule has 23 heteroatoms. The van der Waals surface area contributed by atoms with Gasteiger partial charge in [0.2, 0.25) is 53.2 Å². The summed E-state index contributed by atoms with van der Waals surface area (Å²) in [5.41, 5.74) is -4.30. The van der Waals surface area contributed by atoms with Gasteiger partial charge < -0.3 is 62.1 Å². The average molecular weight is 1180 g/mol. The van der Waals surface area contributed by atoms with Crippen molar-refractivity contribution in [2.75, 3.05) is 33.7 Å². The van der Waals surface area contributed by atoms with E-state index in [-0.39, 0.29) is 61.2 Å². The van der Waals surface area contributed by atoms with Gasteiger partial charge in [0.1, 0.15) is 53.1 Å². The van der Waals surface area contributed by atoms with E-state index in [9.17, 15) is 47.9 Å². The zero-order valence-corrected chi connectivity index (χ0v) is 53.5. The lowest BCUT2D eigenvalue weighted by Crippen LogP contribution is -2.65. The van der Waals surface area contributed by atoms with Gasteiger partial charge in [0.15, 0.2) is 11.6 Å². The first-order valence-electron chi connectivity index (χ1n) is 30.4. The van der Waals surface area contributed by atoms with Crippen LogP contribution in [0, 0.1) is 18.8 Å². The number of hydrogen-bond donors (Lipinski definition) is 9. The summed E-state index contributed by atoms with van der Waals surface area (Å²) in [6.45, 7) is 24.6. The Balaban J connectivity index is 1.72. The fourth-order valence-electron chi connectivity index (χ4n) is 10.6. The highest BCUT2D eigenvalue weighted by molar-refractivity contribution is 6.01. The summed E-state index contributed by atoms with van der Waals surface area (Å²) in [7, 11) is 3.93. The summed E-state index contributed by atoms with van der Waals surface area (Å²) < 4.78 is 5.25. The number of oxazole rings is 1. The first kappa shape index (κ1) is 71.9. The zero-order valence-electron chi connectivity index (χ0n) is 53.5. The average Bonchev–Trinajstić information content (AvgIpc) is 3.89. The smallest absolute Gasteiger partial charge is 0.276 e. The number of carbonyl (C=O) groups excluding carboxylic acids is 10. The van der Waals surface area contributed by atoms with Gasteiger partial charge in [-0.1, -0.05) is 97.6 Å². The molecule has 2 fully saturated rings. The number of carbonyl (C=O) groups is 10. The van der Waals surface area contributed by atoms with E-state index in [1.165, 1.54) is 58.8 Å². The fraction of sp³-hybridized carbons (Fsp3) is 0.754. The molecule has 1 aromatic rings. The molecule has 23 nitrogen and oxygen atoms in total. The van der Waals surface area contributed by atoms with Gasteiger partial charge in [-0.3, -0.25) is 47.9 Å². The van der Waals surface area contributed by atoms with Crippen LogP contribution in [0.25, 0.3) is 0 Å². The highest BCUT2D eigenvalue weighted by atomic mass is 16.3. The van der Waals surface area contributed by atoms with Crippen LogP contribution >= 0.6 is 0 Å². The van der Waals surface area contributed by atoms with Crippen molar-refractivity contribution in [1.82, 2.24) is 62.6 Å². The summed E-state index contributed by atoms with van der Waals surface area (Å²) in [5, 5.41) is 25.4. The molecule has 0 radical (unpaired) electrons. The van der Waals surface area contributed by atoms with Gasteiger partial charge in [0.05, 0.1) is 5.54 Å². The molecule has 1 saturated carbocycles. The number of nitrogens with zero attached hydrogens (tertiary/aromatic N) is 3. The second-order valence-corrected chi connectivity index (χ2v) is 26.2. The summed E-state index contributed by atoms with van der Waals surface area (Å²) >= 11 is 0. The second-order valence-electron chi connectivity index (χ2n) is 26.2. The normalized spacial score (nSPS) is 16.7. The summed E-state index contributed by atoms with van der Waals surface area (Å²) in [4.78, 5) is 146. The number of allylic oxidation sites excluding steroid dienone is 1.